The minimum Gasteiger partial charge on any atom is -0.271 e. The normalized spacial score (nSPS) is 14.1. The van der Waals surface area contributed by atoms with Gasteiger partial charge in [-0.3, -0.25) is 10.8 Å². The molecule has 0 aliphatic carbocycles. The summed E-state index contributed by atoms with van der Waals surface area (Å²) in [5.41, 5.74) is 3.27. The maximum absolute atomic E-state index is 13.1. The van der Waals surface area contributed by atoms with Crippen LogP contribution in [0.4, 0.5) is 8.78 Å². The predicted octanol–water partition coefficient (Wildman–Crippen LogP) is 1.55. The van der Waals surface area contributed by atoms with E-state index in [1.165, 1.54) is 6.20 Å². The Labute approximate surface area is 81.3 Å². The van der Waals surface area contributed by atoms with Gasteiger partial charge in [-0.2, -0.15) is 0 Å². The highest BCUT2D eigenvalue weighted by molar-refractivity contribution is 5.26. The number of rotatable bonds is 3. The fourth-order valence-electron chi connectivity index (χ4n) is 1.29. The van der Waals surface area contributed by atoms with Gasteiger partial charge in [-0.25, -0.2) is 14.2 Å². The molecule has 0 aliphatic rings. The Bertz CT molecular complexity index is 309. The fourth-order valence-corrected chi connectivity index (χ4v) is 1.29. The highest BCUT2D eigenvalue weighted by atomic mass is 19.3. The molecule has 78 valence electrons. The topological polar surface area (TPSA) is 50.9 Å². The van der Waals surface area contributed by atoms with Crippen molar-refractivity contribution in [2.24, 2.45) is 5.84 Å². The SMILES string of the molecule is Cc1ccncc1C(NN)C(C)(F)F. The smallest absolute Gasteiger partial charge is 0.265 e. The van der Waals surface area contributed by atoms with Crippen LogP contribution in [-0.4, -0.2) is 10.9 Å². The van der Waals surface area contributed by atoms with Gasteiger partial charge in [0, 0.05) is 19.3 Å². The molecule has 1 atom stereocenters. The van der Waals surface area contributed by atoms with Crippen molar-refractivity contribution in [3.8, 4) is 0 Å². The van der Waals surface area contributed by atoms with Crippen LogP contribution in [0.1, 0.15) is 24.1 Å². The molecule has 1 aromatic rings. The molecule has 0 aliphatic heterocycles. The lowest BCUT2D eigenvalue weighted by molar-refractivity contribution is -0.0197. The number of hydrazine groups is 1. The number of nitrogens with two attached hydrogens (primary N) is 1. The molecule has 0 bridgehead atoms. The average Bonchev–Trinajstić information content (AvgIpc) is 2.07. The van der Waals surface area contributed by atoms with Gasteiger partial charge in [0.1, 0.15) is 6.04 Å². The first-order chi connectivity index (χ1) is 6.46. The van der Waals surface area contributed by atoms with E-state index in [-0.39, 0.29) is 0 Å². The molecule has 3 nitrogen and oxygen atoms in total. The van der Waals surface area contributed by atoms with Gasteiger partial charge in [0.2, 0.25) is 0 Å². The van der Waals surface area contributed by atoms with Crippen molar-refractivity contribution in [3.05, 3.63) is 29.6 Å². The quantitative estimate of drug-likeness (QED) is 0.576. The first kappa shape index (κ1) is 11.0. The Kier molecular flexibility index (Phi) is 3.13. The molecule has 0 saturated carbocycles. The Balaban J connectivity index is 3.08. The molecule has 5 heteroatoms. The summed E-state index contributed by atoms with van der Waals surface area (Å²) in [4.78, 5) is 3.80. The second kappa shape index (κ2) is 3.98. The average molecular weight is 201 g/mol. The first-order valence-corrected chi connectivity index (χ1v) is 4.21. The van der Waals surface area contributed by atoms with Gasteiger partial charge >= 0.3 is 0 Å². The van der Waals surface area contributed by atoms with Crippen LogP contribution in [0.2, 0.25) is 0 Å². The fraction of sp³-hybridized carbons (Fsp3) is 0.444. The zero-order chi connectivity index (χ0) is 10.8. The van der Waals surface area contributed by atoms with Crippen molar-refractivity contribution < 1.29 is 8.78 Å². The lowest BCUT2D eigenvalue weighted by Gasteiger charge is -2.23. The highest BCUT2D eigenvalue weighted by Gasteiger charge is 2.35. The number of hydrogen-bond donors (Lipinski definition) is 2. The Morgan fingerprint density at radius 3 is 2.64 bits per heavy atom. The van der Waals surface area contributed by atoms with Crippen LogP contribution in [0, 0.1) is 6.92 Å². The van der Waals surface area contributed by atoms with E-state index in [0.717, 1.165) is 12.5 Å². The summed E-state index contributed by atoms with van der Waals surface area (Å²) in [6, 6.07) is 0.474. The first-order valence-electron chi connectivity index (χ1n) is 4.21. The van der Waals surface area contributed by atoms with E-state index in [1.807, 2.05) is 0 Å². The minimum atomic E-state index is -2.91. The van der Waals surface area contributed by atoms with Gasteiger partial charge in [-0.1, -0.05) is 0 Å². The Morgan fingerprint density at radius 2 is 2.21 bits per heavy atom. The van der Waals surface area contributed by atoms with E-state index >= 15 is 0 Å². The van der Waals surface area contributed by atoms with Crippen molar-refractivity contribution >= 4 is 0 Å². The van der Waals surface area contributed by atoms with Crippen LogP contribution in [-0.2, 0) is 0 Å². The molecule has 0 amide bonds. The molecule has 1 unspecified atom stereocenters. The van der Waals surface area contributed by atoms with E-state index < -0.39 is 12.0 Å². The van der Waals surface area contributed by atoms with Gasteiger partial charge < -0.3 is 0 Å². The number of alkyl halides is 2. The van der Waals surface area contributed by atoms with Gasteiger partial charge in [0.05, 0.1) is 0 Å². The maximum Gasteiger partial charge on any atom is 0.265 e. The monoisotopic (exact) mass is 201 g/mol. The summed E-state index contributed by atoms with van der Waals surface area (Å²) in [5, 5.41) is 0. The van der Waals surface area contributed by atoms with Crippen LogP contribution >= 0.6 is 0 Å². The molecule has 0 radical (unpaired) electrons. The lowest BCUT2D eigenvalue weighted by atomic mass is 10.00. The third-order valence-corrected chi connectivity index (χ3v) is 2.06. The summed E-state index contributed by atoms with van der Waals surface area (Å²) in [6.45, 7) is 2.57. The molecule has 1 aromatic heterocycles. The van der Waals surface area contributed by atoms with Crippen LogP contribution in [0.5, 0.6) is 0 Å². The largest absolute Gasteiger partial charge is 0.271 e. The predicted molar refractivity (Wildman–Crippen MR) is 49.7 cm³/mol. The third kappa shape index (κ3) is 2.24. The molecule has 14 heavy (non-hydrogen) atoms. The molecule has 0 saturated heterocycles. The minimum absolute atomic E-state index is 0.419. The molecule has 0 aromatic carbocycles. The van der Waals surface area contributed by atoms with E-state index in [1.54, 1.807) is 19.2 Å². The highest BCUT2D eigenvalue weighted by Crippen LogP contribution is 2.31. The molecule has 0 fully saturated rings. The summed E-state index contributed by atoms with van der Waals surface area (Å²) >= 11 is 0. The molecule has 3 N–H and O–H groups in total. The molecule has 1 rings (SSSR count). The summed E-state index contributed by atoms with van der Waals surface area (Å²) < 4.78 is 26.2. The number of pyridine rings is 1. The number of aryl methyl sites for hydroxylation is 1. The standard InChI is InChI=1S/C9H13F2N3/c1-6-3-4-13-5-7(6)8(14-12)9(2,10)11/h3-5,8,14H,12H2,1-2H3. The zero-order valence-electron chi connectivity index (χ0n) is 8.09. The van der Waals surface area contributed by atoms with Crippen LogP contribution in [0.25, 0.3) is 0 Å². The van der Waals surface area contributed by atoms with E-state index in [0.29, 0.717) is 5.56 Å². The van der Waals surface area contributed by atoms with E-state index in [4.69, 9.17) is 5.84 Å². The molecular weight excluding hydrogens is 188 g/mol. The second-order valence-corrected chi connectivity index (χ2v) is 3.29. The Morgan fingerprint density at radius 1 is 1.57 bits per heavy atom. The Hall–Kier alpha value is -1.07. The number of nitrogens with one attached hydrogen (secondary N) is 1. The van der Waals surface area contributed by atoms with Gasteiger partial charge in [-0.05, 0) is 24.1 Å². The summed E-state index contributed by atoms with van der Waals surface area (Å²) in [6.07, 6.45) is 2.96. The van der Waals surface area contributed by atoms with Crippen molar-refractivity contribution in [2.45, 2.75) is 25.8 Å². The van der Waals surface area contributed by atoms with Gasteiger partial charge in [0.25, 0.3) is 5.92 Å². The molecule has 1 heterocycles. The zero-order valence-corrected chi connectivity index (χ0v) is 8.09. The number of nitrogens with zero attached hydrogens (tertiary/aromatic N) is 1. The van der Waals surface area contributed by atoms with Gasteiger partial charge in [-0.15, -0.1) is 0 Å². The third-order valence-electron chi connectivity index (χ3n) is 2.06. The number of halogens is 2. The van der Waals surface area contributed by atoms with Crippen molar-refractivity contribution in [1.29, 1.82) is 0 Å². The maximum atomic E-state index is 13.1. The van der Waals surface area contributed by atoms with Crippen LogP contribution in [0.3, 0.4) is 0 Å². The van der Waals surface area contributed by atoms with E-state index in [9.17, 15) is 8.78 Å². The van der Waals surface area contributed by atoms with Gasteiger partial charge in [0.15, 0.2) is 0 Å². The van der Waals surface area contributed by atoms with Crippen molar-refractivity contribution in [2.75, 3.05) is 0 Å². The molecule has 0 spiro atoms. The van der Waals surface area contributed by atoms with E-state index in [2.05, 4.69) is 10.4 Å². The van der Waals surface area contributed by atoms with Crippen molar-refractivity contribution in [1.82, 2.24) is 10.4 Å². The number of hydrogen-bond acceptors (Lipinski definition) is 3. The lowest BCUT2D eigenvalue weighted by Crippen LogP contribution is -2.39. The summed E-state index contributed by atoms with van der Waals surface area (Å²) in [5.74, 6) is 2.19. The second-order valence-electron chi connectivity index (χ2n) is 3.29. The molecular formula is C9H13F2N3. The summed E-state index contributed by atoms with van der Waals surface area (Å²) in [7, 11) is 0. The van der Waals surface area contributed by atoms with Crippen molar-refractivity contribution in [3.63, 3.8) is 0 Å². The number of aromatic nitrogens is 1. The van der Waals surface area contributed by atoms with Crippen LogP contribution < -0.4 is 11.3 Å². The van der Waals surface area contributed by atoms with Crippen LogP contribution in [0.15, 0.2) is 18.5 Å².